The molecular formula is C36H47N5O9S. The van der Waals surface area contributed by atoms with Crippen LogP contribution in [-0.4, -0.2) is 96.8 Å². The van der Waals surface area contributed by atoms with E-state index in [-0.39, 0.29) is 32.4 Å². The largest absolute Gasteiger partial charge is 0.450 e. The first kappa shape index (κ1) is 36.4. The van der Waals surface area contributed by atoms with Crippen molar-refractivity contribution >= 4 is 46.0 Å². The van der Waals surface area contributed by atoms with E-state index >= 15 is 0 Å². The third-order valence-electron chi connectivity index (χ3n) is 10.4. The maximum absolute atomic E-state index is 14.2. The Bertz CT molecular complexity index is 1710. The third-order valence-corrected chi connectivity index (χ3v) is 12.2. The highest BCUT2D eigenvalue weighted by atomic mass is 32.2. The summed E-state index contributed by atoms with van der Waals surface area (Å²) in [5.41, 5.74) is 1.57. The summed E-state index contributed by atoms with van der Waals surface area (Å²) in [6.07, 6.45) is 7.72. The van der Waals surface area contributed by atoms with Crippen molar-refractivity contribution in [1.29, 1.82) is 0 Å². The van der Waals surface area contributed by atoms with Crippen molar-refractivity contribution in [3.63, 3.8) is 0 Å². The van der Waals surface area contributed by atoms with Crippen LogP contribution in [0.4, 0.5) is 9.59 Å². The standard InChI is InChI=1S/C36H47N5O9S/c1-3-5-13-29-32(43)41-21-26(19-30(41)31(42)38-36(20-25(36)4-2)33(44)39-51(47,48)27-14-15-27)50-35(46)40-17-16-24-12-9-11-23(28(24)22-40)10-7-6-8-18-49-34(45)37-29/h4,7,9-12,25-27,29-30H,2-3,5-6,8,13-22H2,1H3,(H,37,45)(H,38,42)(H,39,44)/t25-,26-,29+,30+,36-/m1/s1. The molecule has 0 unspecified atom stereocenters. The van der Waals surface area contributed by atoms with Crippen LogP contribution >= 0.6 is 0 Å². The zero-order valence-electron chi connectivity index (χ0n) is 28.9. The van der Waals surface area contributed by atoms with Gasteiger partial charge in [-0.3, -0.25) is 19.1 Å². The zero-order valence-corrected chi connectivity index (χ0v) is 29.8. The number of hydrogen-bond acceptors (Lipinski definition) is 9. The first-order chi connectivity index (χ1) is 24.5. The fourth-order valence-corrected chi connectivity index (χ4v) is 8.52. The van der Waals surface area contributed by atoms with Crippen molar-refractivity contribution < 1.29 is 41.9 Å². The highest BCUT2D eigenvalue weighted by Gasteiger charge is 2.62. The van der Waals surface area contributed by atoms with Gasteiger partial charge in [-0.1, -0.05) is 56.2 Å². The molecule has 3 fully saturated rings. The highest BCUT2D eigenvalue weighted by molar-refractivity contribution is 7.91. The summed E-state index contributed by atoms with van der Waals surface area (Å²) in [7, 11) is -3.90. The second-order valence-electron chi connectivity index (χ2n) is 14.1. The first-order valence-corrected chi connectivity index (χ1v) is 19.5. The monoisotopic (exact) mass is 725 g/mol. The molecule has 0 radical (unpaired) electrons. The lowest BCUT2D eigenvalue weighted by molar-refractivity contribution is -0.141. The van der Waals surface area contributed by atoms with Crippen LogP contribution in [0.1, 0.15) is 81.4 Å². The SMILES string of the molecule is C=C[C@@H]1C[C@]1(NC(=O)[C@@H]1C[C@@H]2CN1C(=O)[C@H](CCCC)NC(=O)OCCCC=Cc1cccc3c1CN(CC3)C(=O)O2)C(=O)NS(=O)(=O)C1CC1. The maximum atomic E-state index is 14.2. The van der Waals surface area contributed by atoms with Gasteiger partial charge in [-0.2, -0.15) is 0 Å². The van der Waals surface area contributed by atoms with Gasteiger partial charge in [-0.15, -0.1) is 6.58 Å². The quantitative estimate of drug-likeness (QED) is 0.323. The molecule has 5 atom stereocenters. The fourth-order valence-electron chi connectivity index (χ4n) is 7.16. The molecule has 0 spiro atoms. The van der Waals surface area contributed by atoms with Crippen LogP contribution in [0, 0.1) is 5.92 Å². The number of fused-ring (bicyclic) bond motifs is 3. The van der Waals surface area contributed by atoms with E-state index in [1.54, 1.807) is 4.90 Å². The molecule has 1 aromatic carbocycles. The predicted molar refractivity (Wildman–Crippen MR) is 186 cm³/mol. The summed E-state index contributed by atoms with van der Waals surface area (Å²) < 4.78 is 38.8. The Morgan fingerprint density at radius 1 is 1.20 bits per heavy atom. The Hall–Kier alpha value is -4.40. The number of carbonyl (C=O) groups is 5. The molecule has 276 valence electrons. The number of hydrogen-bond donors (Lipinski definition) is 3. The molecule has 2 saturated carbocycles. The van der Waals surface area contributed by atoms with Crippen LogP contribution in [0.2, 0.25) is 0 Å². The van der Waals surface area contributed by atoms with Crippen LogP contribution in [0.5, 0.6) is 0 Å². The summed E-state index contributed by atoms with van der Waals surface area (Å²) in [6, 6.07) is 3.81. The number of unbranched alkanes of at least 4 members (excludes halogenated alkanes) is 1. The van der Waals surface area contributed by atoms with Gasteiger partial charge < -0.3 is 29.9 Å². The molecule has 2 aliphatic carbocycles. The summed E-state index contributed by atoms with van der Waals surface area (Å²) in [5.74, 6) is -2.64. The molecule has 6 rings (SSSR count). The Balaban J connectivity index is 1.26. The van der Waals surface area contributed by atoms with E-state index in [2.05, 4.69) is 21.9 Å². The number of benzene rings is 1. The van der Waals surface area contributed by atoms with E-state index < -0.39 is 74.8 Å². The fraction of sp³-hybridized carbons (Fsp3) is 0.583. The van der Waals surface area contributed by atoms with E-state index in [0.717, 1.165) is 23.1 Å². The molecule has 3 aliphatic heterocycles. The number of rotatable bonds is 9. The molecule has 15 heteroatoms. The van der Waals surface area contributed by atoms with E-state index in [4.69, 9.17) is 9.47 Å². The van der Waals surface area contributed by atoms with Gasteiger partial charge in [0.1, 0.15) is 23.7 Å². The lowest BCUT2D eigenvalue weighted by atomic mass is 9.94. The number of sulfonamides is 1. The number of amides is 5. The minimum absolute atomic E-state index is 0.0660. The lowest BCUT2D eigenvalue weighted by Crippen LogP contribution is -2.58. The van der Waals surface area contributed by atoms with Crippen LogP contribution in [0.3, 0.4) is 0 Å². The minimum Gasteiger partial charge on any atom is -0.450 e. The number of ether oxygens (including phenoxy) is 2. The van der Waals surface area contributed by atoms with Crippen molar-refractivity contribution in [3.8, 4) is 0 Å². The van der Waals surface area contributed by atoms with E-state index in [1.165, 1.54) is 11.0 Å². The molecule has 51 heavy (non-hydrogen) atoms. The van der Waals surface area contributed by atoms with Gasteiger partial charge in [0.2, 0.25) is 21.8 Å². The normalized spacial score (nSPS) is 28.3. The van der Waals surface area contributed by atoms with Gasteiger partial charge in [0.15, 0.2) is 0 Å². The predicted octanol–water partition coefficient (Wildman–Crippen LogP) is 2.91. The number of alkyl carbamates (subject to hydrolysis) is 1. The van der Waals surface area contributed by atoms with Crippen LogP contribution in [0.15, 0.2) is 36.9 Å². The number of carbonyl (C=O) groups excluding carboxylic acids is 5. The van der Waals surface area contributed by atoms with Crippen LogP contribution in [0.25, 0.3) is 6.08 Å². The second kappa shape index (κ2) is 15.1. The molecular weight excluding hydrogens is 678 g/mol. The molecule has 4 bridgehead atoms. The van der Waals surface area contributed by atoms with Gasteiger partial charge in [0.05, 0.1) is 18.4 Å². The number of nitrogens with zero attached hydrogens (tertiary/aromatic N) is 2. The van der Waals surface area contributed by atoms with Crippen molar-refractivity contribution in [2.24, 2.45) is 5.92 Å². The van der Waals surface area contributed by atoms with Crippen LogP contribution in [-0.2, 0) is 46.8 Å². The Labute approximate surface area is 298 Å². The van der Waals surface area contributed by atoms with Crippen LogP contribution < -0.4 is 15.4 Å². The molecule has 1 saturated heterocycles. The molecule has 3 N–H and O–H groups in total. The molecule has 14 nitrogen and oxygen atoms in total. The van der Waals surface area contributed by atoms with Crippen molar-refractivity contribution in [3.05, 3.63) is 53.6 Å². The number of nitrogens with one attached hydrogen (secondary N) is 3. The van der Waals surface area contributed by atoms with Crippen molar-refractivity contribution in [2.45, 2.75) is 107 Å². The zero-order chi connectivity index (χ0) is 36.3. The van der Waals surface area contributed by atoms with Gasteiger partial charge in [0.25, 0.3) is 5.91 Å². The Kier molecular flexibility index (Phi) is 10.7. The smallest absolute Gasteiger partial charge is 0.410 e. The van der Waals surface area contributed by atoms with Crippen molar-refractivity contribution in [1.82, 2.24) is 25.2 Å². The maximum Gasteiger partial charge on any atom is 0.410 e. The summed E-state index contributed by atoms with van der Waals surface area (Å²) in [6.45, 7) is 6.47. The average molecular weight is 726 g/mol. The van der Waals surface area contributed by atoms with Gasteiger partial charge in [-0.25, -0.2) is 18.0 Å². The van der Waals surface area contributed by atoms with Gasteiger partial charge in [0, 0.05) is 25.4 Å². The number of allylic oxidation sites excluding steroid dienone is 1. The summed E-state index contributed by atoms with van der Waals surface area (Å²) >= 11 is 0. The molecule has 5 amide bonds. The topological polar surface area (TPSA) is 181 Å². The minimum atomic E-state index is -3.90. The molecule has 1 aromatic rings. The van der Waals surface area contributed by atoms with Gasteiger partial charge in [-0.05, 0) is 61.6 Å². The first-order valence-electron chi connectivity index (χ1n) is 17.9. The molecule has 3 heterocycles. The molecule has 5 aliphatic rings. The van der Waals surface area contributed by atoms with E-state index in [0.29, 0.717) is 51.6 Å². The van der Waals surface area contributed by atoms with E-state index in [1.807, 2.05) is 37.3 Å². The Morgan fingerprint density at radius 3 is 2.73 bits per heavy atom. The summed E-state index contributed by atoms with van der Waals surface area (Å²) in [4.78, 5) is 71.1. The highest BCUT2D eigenvalue weighted by Crippen LogP contribution is 2.45. The van der Waals surface area contributed by atoms with Gasteiger partial charge >= 0.3 is 12.2 Å². The second-order valence-corrected chi connectivity index (χ2v) is 16.1. The third kappa shape index (κ3) is 8.08. The molecule has 0 aromatic heterocycles. The summed E-state index contributed by atoms with van der Waals surface area (Å²) in [5, 5.41) is 4.78. The van der Waals surface area contributed by atoms with E-state index in [9.17, 15) is 32.4 Å². The Morgan fingerprint density at radius 2 is 2.00 bits per heavy atom. The van der Waals surface area contributed by atoms with Crippen molar-refractivity contribution in [2.75, 3.05) is 19.7 Å². The number of cyclic esters (lactones) is 1. The lowest BCUT2D eigenvalue weighted by Gasteiger charge is -2.30. The average Bonchev–Trinajstić information content (AvgIpc) is 4.04.